The second kappa shape index (κ2) is 6.81. The van der Waals surface area contributed by atoms with E-state index in [1.165, 1.54) is 12.2 Å². The van der Waals surface area contributed by atoms with E-state index in [1.807, 2.05) is 0 Å². The zero-order chi connectivity index (χ0) is 19.9. The van der Waals surface area contributed by atoms with Gasteiger partial charge in [-0.15, -0.1) is 0 Å². The first kappa shape index (κ1) is 19.1. The van der Waals surface area contributed by atoms with E-state index in [2.05, 4.69) is 6.58 Å². The standard InChI is InChI=1S/C20H22O7/c1-5-10(2)18(23)26-15-8-20(4)16(22)7-13(27-20)12(9-21)6-14-17(15)11(3)19(24)25-14/h5-7,14-15,17,21H,3,8-9H2,1-2,4H3/b10-5-,12-6+/t14-,15-,17+,20-/m1/s1. The van der Waals surface area contributed by atoms with Crippen molar-refractivity contribution in [1.29, 1.82) is 0 Å². The first-order valence-electron chi connectivity index (χ1n) is 8.71. The second-order valence-corrected chi connectivity index (χ2v) is 7.10. The number of rotatable bonds is 3. The highest BCUT2D eigenvalue weighted by atomic mass is 16.6. The molecule has 0 spiro atoms. The van der Waals surface area contributed by atoms with Crippen LogP contribution in [0.5, 0.6) is 0 Å². The van der Waals surface area contributed by atoms with Gasteiger partial charge in [0.25, 0.3) is 0 Å². The van der Waals surface area contributed by atoms with Gasteiger partial charge >= 0.3 is 11.9 Å². The minimum absolute atomic E-state index is 0.0257. The van der Waals surface area contributed by atoms with E-state index < -0.39 is 42.3 Å². The third-order valence-electron chi connectivity index (χ3n) is 5.24. The number of carbonyl (C=O) groups excluding carboxylic acids is 3. The third kappa shape index (κ3) is 3.23. The molecule has 7 nitrogen and oxygen atoms in total. The summed E-state index contributed by atoms with van der Waals surface area (Å²) in [6.07, 6.45) is 2.83. The highest BCUT2D eigenvalue weighted by Crippen LogP contribution is 2.42. The Morgan fingerprint density at radius 1 is 1.48 bits per heavy atom. The highest BCUT2D eigenvalue weighted by molar-refractivity contribution is 6.00. The molecule has 7 heteroatoms. The molecule has 0 aromatic carbocycles. The van der Waals surface area contributed by atoms with Gasteiger partial charge in [-0.3, -0.25) is 4.79 Å². The summed E-state index contributed by atoms with van der Waals surface area (Å²) in [4.78, 5) is 37.0. The van der Waals surface area contributed by atoms with Crippen molar-refractivity contribution in [3.05, 3.63) is 47.3 Å². The van der Waals surface area contributed by atoms with Crippen LogP contribution in [-0.2, 0) is 28.6 Å². The second-order valence-electron chi connectivity index (χ2n) is 7.10. The Morgan fingerprint density at radius 2 is 2.19 bits per heavy atom. The van der Waals surface area contributed by atoms with Crippen molar-refractivity contribution in [3.8, 4) is 0 Å². The van der Waals surface area contributed by atoms with Gasteiger partial charge < -0.3 is 19.3 Å². The Hall–Kier alpha value is -2.67. The molecule has 0 aliphatic carbocycles. The molecule has 0 amide bonds. The van der Waals surface area contributed by atoms with Crippen molar-refractivity contribution in [2.45, 2.75) is 45.0 Å². The molecule has 144 valence electrons. The van der Waals surface area contributed by atoms with Gasteiger partial charge in [0.15, 0.2) is 5.60 Å². The molecular weight excluding hydrogens is 352 g/mol. The highest BCUT2D eigenvalue weighted by Gasteiger charge is 2.52. The lowest BCUT2D eigenvalue weighted by Gasteiger charge is -2.31. The van der Waals surface area contributed by atoms with E-state index in [9.17, 15) is 19.5 Å². The summed E-state index contributed by atoms with van der Waals surface area (Å²) < 4.78 is 16.8. The fraction of sp³-hybridized carbons (Fsp3) is 0.450. The maximum atomic E-state index is 12.5. The summed E-state index contributed by atoms with van der Waals surface area (Å²) in [6.45, 7) is 8.31. The molecule has 1 fully saturated rings. The van der Waals surface area contributed by atoms with Crippen LogP contribution in [0.25, 0.3) is 0 Å². The topological polar surface area (TPSA) is 99.1 Å². The van der Waals surface area contributed by atoms with Crippen LogP contribution >= 0.6 is 0 Å². The molecule has 1 N–H and O–H groups in total. The van der Waals surface area contributed by atoms with E-state index in [0.29, 0.717) is 11.1 Å². The average molecular weight is 374 g/mol. The zero-order valence-corrected chi connectivity index (χ0v) is 15.5. The fourth-order valence-electron chi connectivity index (χ4n) is 3.46. The molecule has 27 heavy (non-hydrogen) atoms. The van der Waals surface area contributed by atoms with Crippen molar-refractivity contribution in [3.63, 3.8) is 0 Å². The van der Waals surface area contributed by atoms with Crippen LogP contribution in [0.1, 0.15) is 27.2 Å². The van der Waals surface area contributed by atoms with Gasteiger partial charge in [-0.25, -0.2) is 9.59 Å². The van der Waals surface area contributed by atoms with Crippen molar-refractivity contribution < 1.29 is 33.7 Å². The monoisotopic (exact) mass is 374 g/mol. The van der Waals surface area contributed by atoms with Crippen LogP contribution < -0.4 is 0 Å². The van der Waals surface area contributed by atoms with Gasteiger partial charge in [0, 0.05) is 29.2 Å². The predicted molar refractivity (Wildman–Crippen MR) is 94.2 cm³/mol. The predicted octanol–water partition coefficient (Wildman–Crippen LogP) is 1.53. The maximum Gasteiger partial charge on any atom is 0.334 e. The van der Waals surface area contributed by atoms with E-state index in [-0.39, 0.29) is 23.5 Å². The lowest BCUT2D eigenvalue weighted by Crippen LogP contribution is -2.42. The number of ether oxygens (including phenoxy) is 3. The number of ketones is 1. The van der Waals surface area contributed by atoms with Crippen LogP contribution in [-0.4, -0.2) is 47.2 Å². The minimum atomic E-state index is -1.28. The number of fused-ring (bicyclic) bond motifs is 3. The van der Waals surface area contributed by atoms with Crippen LogP contribution in [0.15, 0.2) is 47.3 Å². The summed E-state index contributed by atoms with van der Waals surface area (Å²) in [6, 6.07) is 0. The molecule has 0 aromatic rings. The molecule has 4 atom stereocenters. The number of esters is 2. The van der Waals surface area contributed by atoms with Crippen LogP contribution in [0.4, 0.5) is 0 Å². The van der Waals surface area contributed by atoms with Gasteiger partial charge in [0.1, 0.15) is 18.0 Å². The normalized spacial score (nSPS) is 35.0. The fourth-order valence-corrected chi connectivity index (χ4v) is 3.46. The molecule has 2 bridgehead atoms. The van der Waals surface area contributed by atoms with Crippen LogP contribution in [0.3, 0.4) is 0 Å². The zero-order valence-electron chi connectivity index (χ0n) is 15.5. The molecule has 3 aliphatic heterocycles. The van der Waals surface area contributed by atoms with E-state index in [0.717, 1.165) is 0 Å². The molecule has 0 saturated carbocycles. The number of hydrogen-bond acceptors (Lipinski definition) is 7. The molecule has 3 aliphatic rings. The van der Waals surface area contributed by atoms with Gasteiger partial charge in [-0.2, -0.15) is 0 Å². The smallest absolute Gasteiger partial charge is 0.334 e. The van der Waals surface area contributed by atoms with Gasteiger partial charge in [-0.1, -0.05) is 12.7 Å². The number of aliphatic hydroxyl groups is 1. The summed E-state index contributed by atoms with van der Waals surface area (Å²) in [7, 11) is 0. The summed E-state index contributed by atoms with van der Waals surface area (Å²) >= 11 is 0. The molecule has 0 aromatic heterocycles. The van der Waals surface area contributed by atoms with Crippen molar-refractivity contribution >= 4 is 17.7 Å². The Balaban J connectivity index is 2.07. The number of hydrogen-bond donors (Lipinski definition) is 1. The first-order valence-corrected chi connectivity index (χ1v) is 8.71. The number of allylic oxidation sites excluding steroid dienone is 1. The number of carbonyl (C=O) groups is 3. The van der Waals surface area contributed by atoms with Crippen molar-refractivity contribution in [1.82, 2.24) is 0 Å². The Kier molecular flexibility index (Phi) is 4.82. The minimum Gasteiger partial charge on any atom is -0.479 e. The molecular formula is C20H22O7. The van der Waals surface area contributed by atoms with Gasteiger partial charge in [0.2, 0.25) is 5.78 Å². The average Bonchev–Trinajstić information content (AvgIpc) is 3.08. The molecule has 3 heterocycles. The number of aliphatic hydroxyl groups excluding tert-OH is 1. The molecule has 3 rings (SSSR count). The quantitative estimate of drug-likeness (QED) is 0.591. The van der Waals surface area contributed by atoms with Crippen LogP contribution in [0, 0.1) is 5.92 Å². The van der Waals surface area contributed by atoms with Gasteiger partial charge in [-0.05, 0) is 26.8 Å². The Labute approximate surface area is 157 Å². The van der Waals surface area contributed by atoms with Crippen LogP contribution in [0.2, 0.25) is 0 Å². The molecule has 0 unspecified atom stereocenters. The van der Waals surface area contributed by atoms with Gasteiger partial charge in [0.05, 0.1) is 12.5 Å². The first-order chi connectivity index (χ1) is 12.7. The summed E-state index contributed by atoms with van der Waals surface area (Å²) in [5.74, 6) is -1.90. The lowest BCUT2D eigenvalue weighted by atomic mass is 9.82. The van der Waals surface area contributed by atoms with E-state index >= 15 is 0 Å². The van der Waals surface area contributed by atoms with Crippen molar-refractivity contribution in [2.24, 2.45) is 5.92 Å². The van der Waals surface area contributed by atoms with E-state index in [1.54, 1.807) is 26.8 Å². The molecule has 0 radical (unpaired) electrons. The Bertz CT molecular complexity index is 816. The summed E-state index contributed by atoms with van der Waals surface area (Å²) in [5, 5.41) is 9.70. The third-order valence-corrected chi connectivity index (χ3v) is 5.24. The Morgan fingerprint density at radius 3 is 2.81 bits per heavy atom. The van der Waals surface area contributed by atoms with Crippen molar-refractivity contribution in [2.75, 3.05) is 6.61 Å². The largest absolute Gasteiger partial charge is 0.479 e. The van der Waals surface area contributed by atoms with E-state index in [4.69, 9.17) is 14.2 Å². The maximum absolute atomic E-state index is 12.5. The lowest BCUT2D eigenvalue weighted by molar-refractivity contribution is -0.153. The molecule has 1 saturated heterocycles. The summed E-state index contributed by atoms with van der Waals surface area (Å²) in [5.41, 5.74) is -0.385. The SMILES string of the molecule is C=C1C(=O)O[C@@H]2/C=C(\CO)C3=CC(=O)[C@@](C)(C[C@@H](OC(=O)/C(C)=C\C)[C@@H]12)O3.